The molecular weight excluding hydrogens is 234 g/mol. The summed E-state index contributed by atoms with van der Waals surface area (Å²) in [6, 6.07) is 10.6. The van der Waals surface area contributed by atoms with Crippen LogP contribution in [0.25, 0.3) is 10.8 Å². The van der Waals surface area contributed by atoms with E-state index in [4.69, 9.17) is 0 Å². The van der Waals surface area contributed by atoms with E-state index in [9.17, 15) is 4.79 Å². The molecule has 1 amide bonds. The molecule has 0 saturated carbocycles. The Morgan fingerprint density at radius 2 is 1.74 bits per heavy atom. The fourth-order valence-corrected chi connectivity index (χ4v) is 3.03. The smallest absolute Gasteiger partial charge is 0.259 e. The third-order valence-corrected chi connectivity index (χ3v) is 3.89. The van der Waals surface area contributed by atoms with Gasteiger partial charge in [0.15, 0.2) is 0 Å². The molecule has 0 radical (unpaired) electrons. The molecule has 98 valence electrons. The number of rotatable bonds is 2. The van der Waals surface area contributed by atoms with Crippen LogP contribution < -0.4 is 4.90 Å². The van der Waals surface area contributed by atoms with Crippen molar-refractivity contribution in [1.82, 2.24) is 0 Å². The summed E-state index contributed by atoms with van der Waals surface area (Å²) >= 11 is 0. The van der Waals surface area contributed by atoms with Crippen molar-refractivity contribution >= 4 is 22.4 Å². The fraction of sp³-hybridized carbons (Fsp3) is 0.353. The van der Waals surface area contributed by atoms with Crippen LogP contribution in [0.1, 0.15) is 49.5 Å². The molecule has 0 spiro atoms. The predicted octanol–water partition coefficient (Wildman–Crippen LogP) is 4.33. The molecule has 0 bridgehead atoms. The van der Waals surface area contributed by atoms with E-state index in [1.165, 1.54) is 0 Å². The molecule has 0 unspecified atom stereocenters. The lowest BCUT2D eigenvalue weighted by molar-refractivity contribution is 0.0985. The van der Waals surface area contributed by atoms with Gasteiger partial charge < -0.3 is 4.90 Å². The first-order valence-electron chi connectivity index (χ1n) is 6.91. The Morgan fingerprint density at radius 1 is 1.00 bits per heavy atom. The molecule has 0 aliphatic carbocycles. The third-order valence-electron chi connectivity index (χ3n) is 3.89. The number of hydrogen-bond acceptors (Lipinski definition) is 1. The van der Waals surface area contributed by atoms with Crippen LogP contribution in [0.2, 0.25) is 0 Å². The van der Waals surface area contributed by atoms with Gasteiger partial charge in [0.05, 0.1) is 11.3 Å². The maximum atomic E-state index is 12.8. The number of carbonyl (C=O) groups excluding carboxylic acids is 1. The molecule has 1 heterocycles. The lowest BCUT2D eigenvalue weighted by Crippen LogP contribution is -2.33. The van der Waals surface area contributed by atoms with Gasteiger partial charge in [-0.05, 0) is 36.8 Å². The highest BCUT2D eigenvalue weighted by Crippen LogP contribution is 2.41. The molecule has 2 heteroatoms. The Morgan fingerprint density at radius 3 is 2.37 bits per heavy atom. The molecule has 0 aromatic heterocycles. The van der Waals surface area contributed by atoms with Crippen LogP contribution in [0, 0.1) is 0 Å². The zero-order valence-electron chi connectivity index (χ0n) is 11.9. The second-order valence-corrected chi connectivity index (χ2v) is 5.83. The highest BCUT2D eigenvalue weighted by atomic mass is 16.2. The van der Waals surface area contributed by atoms with E-state index in [-0.39, 0.29) is 11.9 Å². The predicted molar refractivity (Wildman–Crippen MR) is 80.0 cm³/mol. The Balaban J connectivity index is 2.40. The van der Waals surface area contributed by atoms with Crippen molar-refractivity contribution in [3.8, 4) is 0 Å². The average Bonchev–Trinajstić information content (AvgIpc) is 2.65. The maximum Gasteiger partial charge on any atom is 0.259 e. The first-order valence-corrected chi connectivity index (χ1v) is 6.91. The van der Waals surface area contributed by atoms with E-state index in [2.05, 4.69) is 52.0 Å². The van der Waals surface area contributed by atoms with Gasteiger partial charge in [-0.15, -0.1) is 0 Å². The van der Waals surface area contributed by atoms with Crippen LogP contribution in [0.5, 0.6) is 0 Å². The van der Waals surface area contributed by atoms with Gasteiger partial charge in [0.1, 0.15) is 0 Å². The molecule has 3 rings (SSSR count). The summed E-state index contributed by atoms with van der Waals surface area (Å²) in [5.74, 6) is 0.522. The molecule has 2 nitrogen and oxygen atoms in total. The summed E-state index contributed by atoms with van der Waals surface area (Å²) in [5, 5.41) is 2.29. The topological polar surface area (TPSA) is 20.3 Å². The SMILES string of the molecule is CC(C)c1ccc2cccc3c2c1C(=O)N3C(C)C. The highest BCUT2D eigenvalue weighted by Gasteiger charge is 2.33. The highest BCUT2D eigenvalue weighted by molar-refractivity contribution is 6.26. The molecule has 0 fully saturated rings. The van der Waals surface area contributed by atoms with E-state index in [0.717, 1.165) is 27.6 Å². The zero-order valence-corrected chi connectivity index (χ0v) is 11.9. The number of hydrogen-bond donors (Lipinski definition) is 0. The quantitative estimate of drug-likeness (QED) is 0.780. The van der Waals surface area contributed by atoms with Gasteiger partial charge in [-0.25, -0.2) is 0 Å². The minimum atomic E-state index is 0.158. The number of anilines is 1. The Hall–Kier alpha value is -1.83. The number of benzene rings is 2. The molecule has 2 aromatic carbocycles. The van der Waals surface area contributed by atoms with Gasteiger partial charge in [-0.2, -0.15) is 0 Å². The zero-order chi connectivity index (χ0) is 13.7. The number of nitrogens with zero attached hydrogens (tertiary/aromatic N) is 1. The maximum absolute atomic E-state index is 12.8. The van der Waals surface area contributed by atoms with Gasteiger partial charge in [0.25, 0.3) is 5.91 Å². The first kappa shape index (κ1) is 12.2. The van der Waals surface area contributed by atoms with Crippen LogP contribution in [0.3, 0.4) is 0 Å². The van der Waals surface area contributed by atoms with E-state index in [1.54, 1.807) is 0 Å². The lowest BCUT2D eigenvalue weighted by Gasteiger charge is -2.22. The van der Waals surface area contributed by atoms with E-state index < -0.39 is 0 Å². The molecule has 2 aromatic rings. The van der Waals surface area contributed by atoms with Crippen LogP contribution >= 0.6 is 0 Å². The van der Waals surface area contributed by atoms with Gasteiger partial charge in [0.2, 0.25) is 0 Å². The normalized spacial score (nSPS) is 14.2. The Kier molecular flexibility index (Phi) is 2.63. The van der Waals surface area contributed by atoms with Gasteiger partial charge in [-0.3, -0.25) is 4.79 Å². The molecule has 0 N–H and O–H groups in total. The standard InChI is InChI=1S/C17H19NO/c1-10(2)13-9-8-12-6-5-7-14-15(12)16(13)17(19)18(14)11(3)4/h5-11H,1-4H3. The Labute approximate surface area is 114 Å². The summed E-state index contributed by atoms with van der Waals surface area (Å²) in [7, 11) is 0. The van der Waals surface area contributed by atoms with Crippen molar-refractivity contribution in [2.45, 2.75) is 39.7 Å². The minimum absolute atomic E-state index is 0.158. The van der Waals surface area contributed by atoms with E-state index in [1.807, 2.05) is 11.0 Å². The largest absolute Gasteiger partial charge is 0.305 e. The van der Waals surface area contributed by atoms with Crippen molar-refractivity contribution in [2.24, 2.45) is 0 Å². The average molecular weight is 253 g/mol. The summed E-state index contributed by atoms with van der Waals surface area (Å²) in [6.45, 7) is 8.42. The number of carbonyl (C=O) groups is 1. The number of amides is 1. The van der Waals surface area contributed by atoms with Crippen molar-refractivity contribution < 1.29 is 4.79 Å². The molecule has 1 aliphatic rings. The Bertz CT molecular complexity index is 670. The second-order valence-electron chi connectivity index (χ2n) is 5.83. The van der Waals surface area contributed by atoms with Crippen LogP contribution in [-0.2, 0) is 0 Å². The van der Waals surface area contributed by atoms with E-state index >= 15 is 0 Å². The van der Waals surface area contributed by atoms with Crippen molar-refractivity contribution in [3.05, 3.63) is 41.5 Å². The molecule has 1 aliphatic heterocycles. The summed E-state index contributed by atoms with van der Waals surface area (Å²) in [4.78, 5) is 14.7. The van der Waals surface area contributed by atoms with Crippen LogP contribution in [-0.4, -0.2) is 11.9 Å². The molecule has 19 heavy (non-hydrogen) atoms. The first-order chi connectivity index (χ1) is 9.02. The summed E-state index contributed by atoms with van der Waals surface area (Å²) in [5.41, 5.74) is 3.14. The fourth-order valence-electron chi connectivity index (χ4n) is 3.03. The molecular formula is C17H19NO. The minimum Gasteiger partial charge on any atom is -0.305 e. The van der Waals surface area contributed by atoms with Gasteiger partial charge in [0, 0.05) is 11.4 Å². The van der Waals surface area contributed by atoms with Crippen molar-refractivity contribution in [1.29, 1.82) is 0 Å². The molecule has 0 saturated heterocycles. The van der Waals surface area contributed by atoms with E-state index in [0.29, 0.717) is 5.92 Å². The monoisotopic (exact) mass is 253 g/mol. The van der Waals surface area contributed by atoms with Crippen LogP contribution in [0.4, 0.5) is 5.69 Å². The van der Waals surface area contributed by atoms with Crippen molar-refractivity contribution in [3.63, 3.8) is 0 Å². The second kappa shape index (κ2) is 4.09. The van der Waals surface area contributed by atoms with Gasteiger partial charge >= 0.3 is 0 Å². The van der Waals surface area contributed by atoms with Crippen LogP contribution in [0.15, 0.2) is 30.3 Å². The summed E-state index contributed by atoms with van der Waals surface area (Å²) < 4.78 is 0. The summed E-state index contributed by atoms with van der Waals surface area (Å²) in [6.07, 6.45) is 0. The van der Waals surface area contributed by atoms with Crippen molar-refractivity contribution in [2.75, 3.05) is 4.90 Å². The lowest BCUT2D eigenvalue weighted by atomic mass is 9.93. The third kappa shape index (κ3) is 1.59. The van der Waals surface area contributed by atoms with Gasteiger partial charge in [-0.1, -0.05) is 38.1 Å². The molecule has 0 atom stereocenters.